The number of nitrogens with two attached hydrogens (primary N) is 1. The van der Waals surface area contributed by atoms with E-state index in [9.17, 15) is 9.59 Å². The number of primary amides is 1. The molecule has 0 aromatic heterocycles. The number of anilines is 2. The van der Waals surface area contributed by atoms with Gasteiger partial charge in [-0.05, 0) is 73.8 Å². The summed E-state index contributed by atoms with van der Waals surface area (Å²) in [5, 5.41) is 0.437. The van der Waals surface area contributed by atoms with Crippen molar-refractivity contribution < 1.29 is 9.59 Å². The molecule has 0 bridgehead atoms. The standard InChI is InChI=1S/C22H20N4O2S/c1-14-12-17(8-9-18(14)24-2)25-20(28)22(10-3-11-22)26(21(25)29)16-6-4-15(5-7-16)13-19(23)27/h4-9,12H,3,10-11,13H2,1H3,(H2,23,27). The maximum absolute atomic E-state index is 13.5. The minimum Gasteiger partial charge on any atom is -0.369 e. The zero-order valence-corrected chi connectivity index (χ0v) is 16.8. The van der Waals surface area contributed by atoms with Crippen molar-refractivity contribution in [3.63, 3.8) is 0 Å². The lowest BCUT2D eigenvalue weighted by atomic mass is 9.75. The molecule has 1 saturated carbocycles. The van der Waals surface area contributed by atoms with E-state index in [0.717, 1.165) is 36.1 Å². The van der Waals surface area contributed by atoms with E-state index in [0.29, 0.717) is 16.5 Å². The van der Waals surface area contributed by atoms with Gasteiger partial charge in [-0.15, -0.1) is 0 Å². The third kappa shape index (κ3) is 2.97. The average molecular weight is 404 g/mol. The number of benzene rings is 2. The molecule has 1 spiro atoms. The second kappa shape index (κ2) is 6.98. The highest BCUT2D eigenvalue weighted by Gasteiger charge is 2.59. The fourth-order valence-electron chi connectivity index (χ4n) is 4.08. The normalized spacial score (nSPS) is 17.4. The van der Waals surface area contributed by atoms with Gasteiger partial charge in [0.05, 0.1) is 13.0 Å². The molecule has 6 nitrogen and oxygen atoms in total. The number of nitrogens with zero attached hydrogens (tertiary/aromatic N) is 3. The summed E-state index contributed by atoms with van der Waals surface area (Å²) in [6.45, 7) is 9.09. The molecule has 1 aliphatic carbocycles. The second-order valence-corrected chi connectivity index (χ2v) is 7.90. The summed E-state index contributed by atoms with van der Waals surface area (Å²) in [6, 6.07) is 12.8. The lowest BCUT2D eigenvalue weighted by Gasteiger charge is -2.43. The fraction of sp³-hybridized carbons (Fsp3) is 0.273. The van der Waals surface area contributed by atoms with Crippen LogP contribution in [0.15, 0.2) is 42.5 Å². The monoisotopic (exact) mass is 404 g/mol. The quantitative estimate of drug-likeness (QED) is 0.624. The van der Waals surface area contributed by atoms with Crippen LogP contribution in [0.3, 0.4) is 0 Å². The lowest BCUT2D eigenvalue weighted by Crippen LogP contribution is -2.55. The number of carbonyl (C=O) groups excluding carboxylic acids is 2. The van der Waals surface area contributed by atoms with Crippen LogP contribution in [0.1, 0.15) is 30.4 Å². The summed E-state index contributed by atoms with van der Waals surface area (Å²) in [6.07, 6.45) is 2.62. The molecule has 2 amide bonds. The molecule has 2 aliphatic rings. The molecule has 2 N–H and O–H groups in total. The maximum Gasteiger partial charge on any atom is 0.259 e. The second-order valence-electron chi connectivity index (χ2n) is 7.54. The minimum atomic E-state index is -0.658. The number of rotatable bonds is 4. The van der Waals surface area contributed by atoms with E-state index in [4.69, 9.17) is 24.5 Å². The van der Waals surface area contributed by atoms with Crippen LogP contribution in [0.5, 0.6) is 0 Å². The van der Waals surface area contributed by atoms with Crippen LogP contribution in [0.4, 0.5) is 17.1 Å². The molecule has 0 atom stereocenters. The molecule has 2 aromatic rings. The van der Waals surface area contributed by atoms with Crippen molar-refractivity contribution in [2.24, 2.45) is 5.73 Å². The van der Waals surface area contributed by atoms with Gasteiger partial charge in [0, 0.05) is 11.4 Å². The summed E-state index contributed by atoms with van der Waals surface area (Å²) in [5.74, 6) is -0.408. The zero-order chi connectivity index (χ0) is 20.8. The molecule has 29 heavy (non-hydrogen) atoms. The Labute approximate surface area is 174 Å². The molecule has 146 valence electrons. The van der Waals surface area contributed by atoms with E-state index < -0.39 is 5.54 Å². The van der Waals surface area contributed by atoms with Crippen LogP contribution >= 0.6 is 12.2 Å². The number of carbonyl (C=O) groups is 2. The number of hydrogen-bond acceptors (Lipinski definition) is 3. The molecular formula is C22H20N4O2S. The Morgan fingerprint density at radius 1 is 1.21 bits per heavy atom. The van der Waals surface area contributed by atoms with E-state index in [-0.39, 0.29) is 18.2 Å². The van der Waals surface area contributed by atoms with E-state index in [1.807, 2.05) is 42.2 Å². The van der Waals surface area contributed by atoms with Gasteiger partial charge in [-0.1, -0.05) is 18.2 Å². The first-order valence-corrected chi connectivity index (χ1v) is 9.82. The predicted molar refractivity (Wildman–Crippen MR) is 116 cm³/mol. The van der Waals surface area contributed by atoms with Crippen LogP contribution in [0.2, 0.25) is 0 Å². The zero-order valence-electron chi connectivity index (χ0n) is 16.0. The Balaban J connectivity index is 1.73. The van der Waals surface area contributed by atoms with Crippen LogP contribution < -0.4 is 15.5 Å². The summed E-state index contributed by atoms with van der Waals surface area (Å²) >= 11 is 5.76. The summed E-state index contributed by atoms with van der Waals surface area (Å²) in [4.78, 5) is 31.6. The Hall–Kier alpha value is -3.24. The first-order chi connectivity index (χ1) is 13.9. The molecule has 0 radical (unpaired) electrons. The van der Waals surface area contributed by atoms with Crippen molar-refractivity contribution in [3.8, 4) is 0 Å². The van der Waals surface area contributed by atoms with Gasteiger partial charge in [0.2, 0.25) is 5.91 Å². The van der Waals surface area contributed by atoms with Crippen LogP contribution in [0.25, 0.3) is 4.85 Å². The Morgan fingerprint density at radius 3 is 2.38 bits per heavy atom. The van der Waals surface area contributed by atoms with Crippen molar-refractivity contribution in [1.82, 2.24) is 0 Å². The van der Waals surface area contributed by atoms with E-state index in [1.54, 1.807) is 17.0 Å². The summed E-state index contributed by atoms with van der Waals surface area (Å²) in [5.41, 5.74) is 8.32. The van der Waals surface area contributed by atoms with Gasteiger partial charge in [0.1, 0.15) is 5.54 Å². The third-order valence-electron chi connectivity index (χ3n) is 5.72. The summed E-state index contributed by atoms with van der Waals surface area (Å²) < 4.78 is 0. The van der Waals surface area contributed by atoms with Crippen LogP contribution in [-0.4, -0.2) is 22.5 Å². The SMILES string of the molecule is [C-]#[N+]c1ccc(N2C(=O)C3(CCC3)N(c3ccc(CC(N)=O)cc3)C2=S)cc1C. The lowest BCUT2D eigenvalue weighted by molar-refractivity contribution is -0.124. The smallest absolute Gasteiger partial charge is 0.259 e. The third-order valence-corrected chi connectivity index (χ3v) is 6.09. The minimum absolute atomic E-state index is 0.0232. The van der Waals surface area contributed by atoms with Crippen molar-refractivity contribution in [3.05, 3.63) is 65.0 Å². The Bertz CT molecular complexity index is 1070. The molecule has 1 heterocycles. The maximum atomic E-state index is 13.5. The van der Waals surface area contributed by atoms with Crippen molar-refractivity contribution in [2.45, 2.75) is 38.1 Å². The van der Waals surface area contributed by atoms with Crippen molar-refractivity contribution in [2.75, 3.05) is 9.80 Å². The van der Waals surface area contributed by atoms with Crippen molar-refractivity contribution in [1.29, 1.82) is 0 Å². The van der Waals surface area contributed by atoms with Gasteiger partial charge >= 0.3 is 0 Å². The molecular weight excluding hydrogens is 384 g/mol. The Kier molecular flexibility index (Phi) is 4.59. The molecule has 1 aliphatic heterocycles. The first-order valence-electron chi connectivity index (χ1n) is 9.41. The number of aryl methyl sites for hydroxylation is 1. The fourth-order valence-corrected chi connectivity index (χ4v) is 4.54. The molecule has 4 rings (SSSR count). The molecule has 1 saturated heterocycles. The van der Waals surface area contributed by atoms with Gasteiger partial charge in [-0.25, -0.2) is 4.85 Å². The van der Waals surface area contributed by atoms with Crippen LogP contribution in [-0.2, 0) is 16.0 Å². The summed E-state index contributed by atoms with van der Waals surface area (Å²) in [7, 11) is 0. The molecule has 2 fully saturated rings. The first kappa shape index (κ1) is 19.1. The number of hydrogen-bond donors (Lipinski definition) is 1. The van der Waals surface area contributed by atoms with Crippen LogP contribution in [0, 0.1) is 13.5 Å². The van der Waals surface area contributed by atoms with E-state index in [1.165, 1.54) is 0 Å². The molecule has 7 heteroatoms. The highest BCUT2D eigenvalue weighted by Crippen LogP contribution is 2.48. The van der Waals surface area contributed by atoms with E-state index >= 15 is 0 Å². The highest BCUT2D eigenvalue weighted by molar-refractivity contribution is 7.81. The van der Waals surface area contributed by atoms with Gasteiger partial charge in [0.25, 0.3) is 5.91 Å². The molecule has 2 aromatic carbocycles. The largest absolute Gasteiger partial charge is 0.369 e. The average Bonchev–Trinajstić information content (AvgIpc) is 2.89. The van der Waals surface area contributed by atoms with E-state index in [2.05, 4.69) is 4.85 Å². The van der Waals surface area contributed by atoms with Gasteiger partial charge < -0.3 is 10.6 Å². The van der Waals surface area contributed by atoms with Gasteiger partial charge in [0.15, 0.2) is 10.8 Å². The van der Waals surface area contributed by atoms with Crippen molar-refractivity contribution >= 4 is 46.2 Å². The van der Waals surface area contributed by atoms with Gasteiger partial charge in [-0.2, -0.15) is 0 Å². The van der Waals surface area contributed by atoms with Gasteiger partial charge in [-0.3, -0.25) is 14.5 Å². The Morgan fingerprint density at radius 2 is 1.86 bits per heavy atom. The topological polar surface area (TPSA) is 71.0 Å². The predicted octanol–water partition coefficient (Wildman–Crippen LogP) is 3.63. The molecule has 0 unspecified atom stereocenters. The highest BCUT2D eigenvalue weighted by atomic mass is 32.1. The number of thiocarbonyl (C=S) groups is 1. The number of amides is 2.